The first kappa shape index (κ1) is 22.4. The van der Waals surface area contributed by atoms with E-state index in [1.165, 1.54) is 23.5 Å². The van der Waals surface area contributed by atoms with E-state index < -0.39 is 11.8 Å². The van der Waals surface area contributed by atoms with Crippen LogP contribution in [0.5, 0.6) is 11.5 Å². The number of amides is 2. The van der Waals surface area contributed by atoms with Gasteiger partial charge in [0, 0.05) is 5.56 Å². The van der Waals surface area contributed by atoms with Gasteiger partial charge in [-0.2, -0.15) is 0 Å². The number of benzene rings is 2. The smallest absolute Gasteiger partial charge is 0.276 e. The Hall–Kier alpha value is -2.32. The van der Waals surface area contributed by atoms with Gasteiger partial charge in [-0.1, -0.05) is 12.1 Å². The zero-order chi connectivity index (χ0) is 21.3. The van der Waals surface area contributed by atoms with Gasteiger partial charge in [-0.3, -0.25) is 20.4 Å². The van der Waals surface area contributed by atoms with E-state index in [0.29, 0.717) is 21.6 Å². The summed E-state index contributed by atoms with van der Waals surface area (Å²) in [5.74, 6) is 2.84. The Bertz CT molecular complexity index is 835. The first-order valence-electron chi connectivity index (χ1n) is 9.83. The van der Waals surface area contributed by atoms with Crippen molar-refractivity contribution in [3.05, 3.63) is 59.7 Å². The average molecular weight is 447 g/mol. The van der Waals surface area contributed by atoms with Crippen LogP contribution in [-0.4, -0.2) is 36.0 Å². The molecule has 2 aromatic carbocycles. The summed E-state index contributed by atoms with van der Waals surface area (Å²) in [4.78, 5) is 24.1. The first-order valence-corrected chi connectivity index (χ1v) is 11.9. The van der Waals surface area contributed by atoms with E-state index in [1.807, 2.05) is 61.6 Å². The SMILES string of the molecule is CC(C)Oc1ccc(C(=O)NNC(=O)COc2ccc(C3SCCCS3)cc2)cc1. The number of carbonyl (C=O) groups excluding carboxylic acids is 2. The lowest BCUT2D eigenvalue weighted by atomic mass is 10.2. The molecule has 0 saturated carbocycles. The van der Waals surface area contributed by atoms with Crippen molar-refractivity contribution in [2.24, 2.45) is 0 Å². The highest BCUT2D eigenvalue weighted by Gasteiger charge is 2.16. The Morgan fingerprint density at radius 3 is 2.23 bits per heavy atom. The van der Waals surface area contributed by atoms with E-state index in [1.54, 1.807) is 24.3 Å². The summed E-state index contributed by atoms with van der Waals surface area (Å²) in [5.41, 5.74) is 6.42. The highest BCUT2D eigenvalue weighted by atomic mass is 32.2. The van der Waals surface area contributed by atoms with Gasteiger partial charge >= 0.3 is 0 Å². The van der Waals surface area contributed by atoms with Crippen molar-refractivity contribution in [1.82, 2.24) is 10.9 Å². The molecule has 0 aliphatic carbocycles. The van der Waals surface area contributed by atoms with Gasteiger partial charge in [0.1, 0.15) is 11.5 Å². The zero-order valence-electron chi connectivity index (χ0n) is 17.1. The molecule has 0 unspecified atom stereocenters. The molecule has 2 amide bonds. The van der Waals surface area contributed by atoms with Crippen LogP contribution in [0.25, 0.3) is 0 Å². The second-order valence-corrected chi connectivity index (χ2v) is 9.70. The average Bonchev–Trinajstić information content (AvgIpc) is 2.77. The van der Waals surface area contributed by atoms with E-state index in [4.69, 9.17) is 9.47 Å². The normalized spacial score (nSPS) is 14.2. The van der Waals surface area contributed by atoms with Gasteiger partial charge < -0.3 is 9.47 Å². The summed E-state index contributed by atoms with van der Waals surface area (Å²) in [6, 6.07) is 14.5. The Labute approximate surface area is 185 Å². The summed E-state index contributed by atoms with van der Waals surface area (Å²) in [7, 11) is 0. The molecule has 3 rings (SSSR count). The molecule has 0 atom stereocenters. The molecule has 2 N–H and O–H groups in total. The number of thioether (sulfide) groups is 2. The fourth-order valence-electron chi connectivity index (χ4n) is 2.74. The van der Waals surface area contributed by atoms with Crippen LogP contribution in [0.1, 0.15) is 40.8 Å². The van der Waals surface area contributed by atoms with Crippen LogP contribution in [0.15, 0.2) is 48.5 Å². The van der Waals surface area contributed by atoms with Crippen LogP contribution in [-0.2, 0) is 4.79 Å². The van der Waals surface area contributed by atoms with E-state index in [0.717, 1.165) is 0 Å². The Morgan fingerprint density at radius 1 is 0.967 bits per heavy atom. The third kappa shape index (κ3) is 6.88. The van der Waals surface area contributed by atoms with Crippen molar-refractivity contribution < 1.29 is 19.1 Å². The van der Waals surface area contributed by atoms with Crippen LogP contribution < -0.4 is 20.3 Å². The van der Waals surface area contributed by atoms with Gasteiger partial charge in [0.15, 0.2) is 6.61 Å². The molecule has 30 heavy (non-hydrogen) atoms. The van der Waals surface area contributed by atoms with Gasteiger partial charge in [0.05, 0.1) is 10.7 Å². The van der Waals surface area contributed by atoms with Gasteiger partial charge in [0.25, 0.3) is 11.8 Å². The van der Waals surface area contributed by atoms with Crippen molar-refractivity contribution in [2.75, 3.05) is 18.1 Å². The zero-order valence-corrected chi connectivity index (χ0v) is 18.7. The quantitative estimate of drug-likeness (QED) is 0.622. The highest BCUT2D eigenvalue weighted by Crippen LogP contribution is 2.43. The fraction of sp³-hybridized carbons (Fsp3) is 0.364. The molecule has 1 fully saturated rings. The van der Waals surface area contributed by atoms with Gasteiger partial charge in [0.2, 0.25) is 0 Å². The van der Waals surface area contributed by atoms with Crippen LogP contribution in [0.3, 0.4) is 0 Å². The molecular formula is C22H26N2O4S2. The molecule has 1 saturated heterocycles. The molecule has 0 spiro atoms. The van der Waals surface area contributed by atoms with Gasteiger partial charge in [-0.15, -0.1) is 23.5 Å². The molecule has 0 radical (unpaired) electrons. The van der Waals surface area contributed by atoms with Crippen LogP contribution in [0.4, 0.5) is 0 Å². The maximum absolute atomic E-state index is 12.1. The van der Waals surface area contributed by atoms with Crippen molar-refractivity contribution >= 4 is 35.3 Å². The van der Waals surface area contributed by atoms with E-state index in [2.05, 4.69) is 10.9 Å². The maximum Gasteiger partial charge on any atom is 0.276 e. The van der Waals surface area contributed by atoms with E-state index >= 15 is 0 Å². The summed E-state index contributed by atoms with van der Waals surface area (Å²) in [5, 5.41) is 0. The molecule has 8 heteroatoms. The minimum absolute atomic E-state index is 0.0604. The third-order valence-electron chi connectivity index (χ3n) is 4.15. The summed E-state index contributed by atoms with van der Waals surface area (Å²) in [6.45, 7) is 3.68. The van der Waals surface area contributed by atoms with E-state index in [-0.39, 0.29) is 12.7 Å². The number of carbonyl (C=O) groups is 2. The largest absolute Gasteiger partial charge is 0.491 e. The lowest BCUT2D eigenvalue weighted by molar-refractivity contribution is -0.123. The van der Waals surface area contributed by atoms with Crippen LogP contribution >= 0.6 is 23.5 Å². The van der Waals surface area contributed by atoms with Crippen LogP contribution in [0.2, 0.25) is 0 Å². The molecule has 1 aliphatic rings. The lowest BCUT2D eigenvalue weighted by Crippen LogP contribution is -2.43. The minimum atomic E-state index is -0.439. The monoisotopic (exact) mass is 446 g/mol. The van der Waals surface area contributed by atoms with Crippen LogP contribution in [0, 0.1) is 0 Å². The second-order valence-electron chi connectivity index (χ2n) is 6.98. The molecule has 0 bridgehead atoms. The van der Waals surface area contributed by atoms with Crippen molar-refractivity contribution in [3.63, 3.8) is 0 Å². The second kappa shape index (κ2) is 11.2. The summed E-state index contributed by atoms with van der Waals surface area (Å²) < 4.78 is 11.5. The molecule has 1 aliphatic heterocycles. The Balaban J connectivity index is 1.40. The topological polar surface area (TPSA) is 76.7 Å². The van der Waals surface area contributed by atoms with Crippen molar-refractivity contribution in [1.29, 1.82) is 0 Å². The molecular weight excluding hydrogens is 420 g/mol. The Kier molecular flexibility index (Phi) is 8.33. The van der Waals surface area contributed by atoms with Gasteiger partial charge in [-0.25, -0.2) is 0 Å². The predicted octanol–water partition coefficient (Wildman–Crippen LogP) is 4.18. The highest BCUT2D eigenvalue weighted by molar-refractivity contribution is 8.16. The lowest BCUT2D eigenvalue weighted by Gasteiger charge is -2.21. The first-order chi connectivity index (χ1) is 14.5. The minimum Gasteiger partial charge on any atom is -0.491 e. The molecule has 160 valence electrons. The standard InChI is InChI=1S/C22H26N2O4S2/c1-15(2)28-19-10-4-16(5-11-19)21(26)24-23-20(25)14-27-18-8-6-17(7-9-18)22-29-12-3-13-30-22/h4-11,15,22H,3,12-14H2,1-2H3,(H,23,25)(H,24,26). The number of ether oxygens (including phenoxy) is 2. The summed E-state index contributed by atoms with van der Waals surface area (Å²) in [6.07, 6.45) is 1.32. The van der Waals surface area contributed by atoms with Gasteiger partial charge in [-0.05, 0) is 73.7 Å². The molecule has 1 heterocycles. The number of rotatable bonds is 7. The number of nitrogens with one attached hydrogen (secondary N) is 2. The number of hydrogen-bond acceptors (Lipinski definition) is 6. The van der Waals surface area contributed by atoms with Crippen molar-refractivity contribution in [2.45, 2.75) is 31.0 Å². The third-order valence-corrected chi connectivity index (χ3v) is 7.17. The molecule has 6 nitrogen and oxygen atoms in total. The fourth-order valence-corrected chi connectivity index (χ4v) is 5.64. The predicted molar refractivity (Wildman–Crippen MR) is 122 cm³/mol. The Morgan fingerprint density at radius 2 is 1.60 bits per heavy atom. The van der Waals surface area contributed by atoms with Crippen molar-refractivity contribution in [3.8, 4) is 11.5 Å². The van der Waals surface area contributed by atoms with E-state index in [9.17, 15) is 9.59 Å². The number of hydrazine groups is 1. The maximum atomic E-state index is 12.1. The number of hydrogen-bond donors (Lipinski definition) is 2. The molecule has 2 aromatic rings. The molecule has 0 aromatic heterocycles. The summed E-state index contributed by atoms with van der Waals surface area (Å²) >= 11 is 3.92.